The minimum Gasteiger partial charge on any atom is -0.480 e. The summed E-state index contributed by atoms with van der Waals surface area (Å²) in [4.78, 5) is 36.8. The molecule has 1 atom stereocenters. The molecule has 0 aromatic heterocycles. The molecule has 0 spiro atoms. The van der Waals surface area contributed by atoms with Crippen LogP contribution in [0.1, 0.15) is 43.7 Å². The van der Waals surface area contributed by atoms with Crippen molar-refractivity contribution in [3.05, 3.63) is 59.7 Å². The van der Waals surface area contributed by atoms with E-state index in [0.717, 1.165) is 27.2 Å². The lowest BCUT2D eigenvalue weighted by Crippen LogP contribution is -2.51. The number of alkyl carbamates (subject to hydrolysis) is 1. The number of likely N-dealkylation sites (N-methyl/N-ethyl adjacent to an activating group) is 1. The van der Waals surface area contributed by atoms with Crippen molar-refractivity contribution in [3.8, 4) is 11.1 Å². The smallest absolute Gasteiger partial charge is 0.408 e. The highest BCUT2D eigenvalue weighted by atomic mass is 19.4. The summed E-state index contributed by atoms with van der Waals surface area (Å²) >= 11 is 0. The van der Waals surface area contributed by atoms with Gasteiger partial charge in [-0.15, -0.1) is 0 Å². The van der Waals surface area contributed by atoms with Crippen LogP contribution in [0.5, 0.6) is 0 Å². The maximum atomic E-state index is 13.5. The number of alkyl halides is 3. The van der Waals surface area contributed by atoms with Crippen LogP contribution in [-0.2, 0) is 14.3 Å². The van der Waals surface area contributed by atoms with Crippen LogP contribution in [0.3, 0.4) is 0 Å². The Kier molecular flexibility index (Phi) is 7.42. The average Bonchev–Trinajstić information content (AvgIpc) is 3.12. The van der Waals surface area contributed by atoms with E-state index in [1.54, 1.807) is 0 Å². The van der Waals surface area contributed by atoms with Crippen molar-refractivity contribution in [1.29, 1.82) is 0 Å². The van der Waals surface area contributed by atoms with Gasteiger partial charge in [0.1, 0.15) is 18.2 Å². The first-order valence-electron chi connectivity index (χ1n) is 11.0. The molecule has 0 fully saturated rings. The highest BCUT2D eigenvalue weighted by Crippen LogP contribution is 2.44. The van der Waals surface area contributed by atoms with Crippen molar-refractivity contribution >= 4 is 18.0 Å². The van der Waals surface area contributed by atoms with Crippen molar-refractivity contribution in [2.24, 2.45) is 0 Å². The molecule has 0 radical (unpaired) electrons. The van der Waals surface area contributed by atoms with Gasteiger partial charge in [0, 0.05) is 19.4 Å². The number of fused-ring (bicyclic) bond motifs is 3. The van der Waals surface area contributed by atoms with Crippen LogP contribution in [0.25, 0.3) is 11.1 Å². The zero-order valence-corrected chi connectivity index (χ0v) is 19.6. The third-order valence-electron chi connectivity index (χ3n) is 6.41. The fraction of sp³-hybridized carbons (Fsp3) is 0.400. The third-order valence-corrected chi connectivity index (χ3v) is 6.41. The van der Waals surface area contributed by atoms with Gasteiger partial charge in [0.2, 0.25) is 5.91 Å². The normalized spacial score (nSPS) is 14.0. The number of hydrogen-bond donors (Lipinski definition) is 2. The number of aliphatic carboxylic acids is 1. The second-order valence-electron chi connectivity index (χ2n) is 8.92. The Morgan fingerprint density at radius 2 is 1.54 bits per heavy atom. The zero-order valence-electron chi connectivity index (χ0n) is 19.6. The Hall–Kier alpha value is -3.56. The minimum absolute atomic E-state index is 0.154. The number of carbonyl (C=O) groups excluding carboxylic acids is 2. The molecule has 0 heterocycles. The minimum atomic E-state index is -4.83. The van der Waals surface area contributed by atoms with Gasteiger partial charge in [-0.2, -0.15) is 13.2 Å². The third kappa shape index (κ3) is 5.58. The van der Waals surface area contributed by atoms with Crippen LogP contribution >= 0.6 is 0 Å². The lowest BCUT2D eigenvalue weighted by molar-refractivity contribution is -0.161. The standard InChI is InChI=1S/C25H27F3N2O5/c1-24(2,22(32)33)30(3)21(31)13-12-20(25(26,27)28)29-23(34)35-14-19-17-10-6-4-8-15(17)16-9-5-7-11-18(16)19/h4-11,19-20H,12-14H2,1-3H3,(H,29,34)(H,32,33)/t20-/m0/s1. The number of rotatable bonds is 8. The Balaban J connectivity index is 1.63. The number of carboxylic acids is 1. The van der Waals surface area contributed by atoms with Crippen LogP contribution < -0.4 is 5.32 Å². The molecule has 7 nitrogen and oxygen atoms in total. The molecule has 0 saturated carbocycles. The summed E-state index contributed by atoms with van der Waals surface area (Å²) in [6, 6.07) is 12.8. The summed E-state index contributed by atoms with van der Waals surface area (Å²) in [7, 11) is 1.21. The summed E-state index contributed by atoms with van der Waals surface area (Å²) in [5.41, 5.74) is 2.21. The van der Waals surface area contributed by atoms with Gasteiger partial charge in [0.25, 0.3) is 0 Å². The number of nitrogens with zero attached hydrogens (tertiary/aromatic N) is 1. The topological polar surface area (TPSA) is 95.9 Å². The number of ether oxygens (including phenoxy) is 1. The van der Waals surface area contributed by atoms with E-state index in [1.165, 1.54) is 20.9 Å². The van der Waals surface area contributed by atoms with Crippen LogP contribution in [0.15, 0.2) is 48.5 Å². The van der Waals surface area contributed by atoms with Crippen molar-refractivity contribution in [2.75, 3.05) is 13.7 Å². The number of nitrogens with one attached hydrogen (secondary N) is 1. The fourth-order valence-corrected chi connectivity index (χ4v) is 3.99. The van der Waals surface area contributed by atoms with E-state index in [-0.39, 0.29) is 12.5 Å². The SMILES string of the molecule is CN(C(=O)CC[C@H](NC(=O)OCC1c2ccccc2-c2ccccc21)C(F)(F)F)C(C)(C)C(=O)O. The van der Waals surface area contributed by atoms with E-state index < -0.39 is 48.6 Å². The quantitative estimate of drug-likeness (QED) is 0.563. The molecule has 10 heteroatoms. The predicted octanol–water partition coefficient (Wildman–Crippen LogP) is 4.56. The molecule has 2 N–H and O–H groups in total. The van der Waals surface area contributed by atoms with Gasteiger partial charge in [-0.1, -0.05) is 48.5 Å². The van der Waals surface area contributed by atoms with Crippen LogP contribution in [0.4, 0.5) is 18.0 Å². The largest absolute Gasteiger partial charge is 0.480 e. The Labute approximate surface area is 200 Å². The van der Waals surface area contributed by atoms with E-state index in [2.05, 4.69) is 0 Å². The van der Waals surface area contributed by atoms with Crippen LogP contribution in [0.2, 0.25) is 0 Å². The average molecular weight is 492 g/mol. The molecular formula is C25H27F3N2O5. The van der Waals surface area contributed by atoms with Gasteiger partial charge in [0.15, 0.2) is 0 Å². The Morgan fingerprint density at radius 1 is 1.03 bits per heavy atom. The molecule has 2 aromatic rings. The van der Waals surface area contributed by atoms with Crippen LogP contribution in [-0.4, -0.2) is 59.4 Å². The Bertz CT molecular complexity index is 1070. The highest BCUT2D eigenvalue weighted by Gasteiger charge is 2.42. The molecule has 0 unspecified atom stereocenters. The van der Waals surface area contributed by atoms with Crippen molar-refractivity contribution in [1.82, 2.24) is 10.2 Å². The van der Waals surface area contributed by atoms with Gasteiger partial charge in [-0.3, -0.25) is 4.79 Å². The molecule has 0 saturated heterocycles. The maximum Gasteiger partial charge on any atom is 0.408 e. The summed E-state index contributed by atoms with van der Waals surface area (Å²) in [5.74, 6) is -2.40. The number of hydrogen-bond acceptors (Lipinski definition) is 4. The fourth-order valence-electron chi connectivity index (χ4n) is 3.99. The molecule has 0 aliphatic heterocycles. The number of benzene rings is 2. The van der Waals surface area contributed by atoms with E-state index in [1.807, 2.05) is 53.8 Å². The van der Waals surface area contributed by atoms with Gasteiger partial charge in [-0.25, -0.2) is 9.59 Å². The first-order valence-corrected chi connectivity index (χ1v) is 11.0. The van der Waals surface area contributed by atoms with Crippen LogP contribution in [0, 0.1) is 0 Å². The van der Waals surface area contributed by atoms with E-state index in [0.29, 0.717) is 0 Å². The molecule has 2 aromatic carbocycles. The number of carbonyl (C=O) groups is 3. The predicted molar refractivity (Wildman–Crippen MR) is 122 cm³/mol. The molecule has 3 rings (SSSR count). The molecular weight excluding hydrogens is 465 g/mol. The molecule has 188 valence electrons. The second kappa shape index (κ2) is 9.97. The molecule has 1 aliphatic carbocycles. The monoisotopic (exact) mass is 492 g/mol. The first-order chi connectivity index (χ1) is 16.3. The molecule has 1 aliphatic rings. The Morgan fingerprint density at radius 3 is 2.03 bits per heavy atom. The summed E-state index contributed by atoms with van der Waals surface area (Å²) in [5, 5.41) is 11.0. The van der Waals surface area contributed by atoms with Crippen molar-refractivity contribution < 1.29 is 37.4 Å². The van der Waals surface area contributed by atoms with Crippen molar-refractivity contribution in [3.63, 3.8) is 0 Å². The number of amides is 2. The summed E-state index contributed by atoms with van der Waals surface area (Å²) in [6.07, 6.45) is -7.44. The van der Waals surface area contributed by atoms with E-state index in [9.17, 15) is 32.7 Å². The lowest BCUT2D eigenvalue weighted by atomic mass is 9.98. The summed E-state index contributed by atoms with van der Waals surface area (Å²) in [6.45, 7) is 2.38. The lowest BCUT2D eigenvalue weighted by Gasteiger charge is -2.32. The molecule has 35 heavy (non-hydrogen) atoms. The zero-order chi connectivity index (χ0) is 26.0. The highest BCUT2D eigenvalue weighted by molar-refractivity contribution is 5.86. The van der Waals surface area contributed by atoms with Gasteiger partial charge in [-0.05, 0) is 42.5 Å². The molecule has 2 amide bonds. The van der Waals surface area contributed by atoms with Gasteiger partial charge >= 0.3 is 18.2 Å². The van der Waals surface area contributed by atoms with E-state index >= 15 is 0 Å². The number of halogens is 3. The van der Waals surface area contributed by atoms with Gasteiger partial charge < -0.3 is 20.1 Å². The van der Waals surface area contributed by atoms with Gasteiger partial charge in [0.05, 0.1) is 0 Å². The first kappa shape index (κ1) is 26.1. The maximum absolute atomic E-state index is 13.5. The second-order valence-corrected chi connectivity index (χ2v) is 8.92. The van der Waals surface area contributed by atoms with Crippen molar-refractivity contribution in [2.45, 2.75) is 50.4 Å². The number of carboxylic acid groups (broad SMARTS) is 1. The molecule has 0 bridgehead atoms. The van der Waals surface area contributed by atoms with E-state index in [4.69, 9.17) is 4.74 Å². The summed E-state index contributed by atoms with van der Waals surface area (Å²) < 4.78 is 45.8.